The number of rotatable bonds is 4. The maximum absolute atomic E-state index is 9.80. The first-order chi connectivity index (χ1) is 5.52. The van der Waals surface area contributed by atoms with Gasteiger partial charge in [0.05, 0.1) is 0 Å². The lowest BCUT2D eigenvalue weighted by Crippen LogP contribution is -2.31. The van der Waals surface area contributed by atoms with Crippen LogP contribution in [0.25, 0.3) is 0 Å². The van der Waals surface area contributed by atoms with Crippen molar-refractivity contribution in [3.8, 4) is 0 Å². The van der Waals surface area contributed by atoms with E-state index in [2.05, 4.69) is 0 Å². The molecule has 12 heavy (non-hydrogen) atoms. The van der Waals surface area contributed by atoms with Gasteiger partial charge >= 0.3 is 11.9 Å². The van der Waals surface area contributed by atoms with Crippen LogP contribution in [0.1, 0.15) is 0 Å². The second-order valence-corrected chi connectivity index (χ2v) is 1.61. The van der Waals surface area contributed by atoms with Crippen LogP contribution in [0.5, 0.6) is 0 Å². The molecule has 70 valence electrons. The molecule has 0 saturated heterocycles. The van der Waals surface area contributed by atoms with Crippen molar-refractivity contribution >= 4 is 18.7 Å². The summed E-state index contributed by atoms with van der Waals surface area (Å²) in [5, 5.41) is 24.7. The molecule has 0 aliphatic carbocycles. The van der Waals surface area contributed by atoms with E-state index in [1.54, 1.807) is 0 Å². The molecule has 0 aromatic heterocycles. The molecule has 0 unspecified atom stereocenters. The number of carbonyl (C=O) groups excluding carboxylic acids is 1. The molecule has 0 heterocycles. The highest BCUT2D eigenvalue weighted by Crippen LogP contribution is 1.79. The van der Waals surface area contributed by atoms with Gasteiger partial charge in [-0.1, -0.05) is 0 Å². The van der Waals surface area contributed by atoms with Crippen LogP contribution in [0.4, 0.5) is 0 Å². The first-order valence-electron chi connectivity index (χ1n) is 2.68. The van der Waals surface area contributed by atoms with Gasteiger partial charge in [-0.05, 0) is 0 Å². The van der Waals surface area contributed by atoms with Crippen LogP contribution in [-0.2, 0) is 14.4 Å². The van der Waals surface area contributed by atoms with Crippen molar-refractivity contribution in [1.29, 1.82) is 0 Å². The number of nitrogens with zero attached hydrogens (tertiary/aromatic N) is 1. The minimum absolute atomic E-state index is 0.199. The Hall–Kier alpha value is -1.47. The van der Waals surface area contributed by atoms with Crippen molar-refractivity contribution in [2.75, 3.05) is 13.1 Å². The quantitative estimate of drug-likeness (QED) is 0.457. The van der Waals surface area contributed by atoms with Crippen molar-refractivity contribution in [1.82, 2.24) is 5.06 Å². The standard InChI is InChI=1S/C4H7NO5.CH2O/c6-3(7)1-5(10)2-4(8)9;1-2/h10H,1-2H2,(H,6,7)(H,8,9);1H2. The molecular weight excluding hydrogens is 170 g/mol. The van der Waals surface area contributed by atoms with E-state index in [1.807, 2.05) is 6.79 Å². The maximum Gasteiger partial charge on any atom is 0.320 e. The second-order valence-electron chi connectivity index (χ2n) is 1.61. The Kier molecular flexibility index (Phi) is 8.36. The molecule has 0 atom stereocenters. The van der Waals surface area contributed by atoms with Gasteiger partial charge in [-0.15, -0.1) is 0 Å². The number of hydrogen-bond donors (Lipinski definition) is 3. The molecule has 0 aromatic rings. The monoisotopic (exact) mass is 179 g/mol. The van der Waals surface area contributed by atoms with E-state index >= 15 is 0 Å². The summed E-state index contributed by atoms with van der Waals surface area (Å²) in [4.78, 5) is 27.6. The Morgan fingerprint density at radius 1 is 1.08 bits per heavy atom. The molecule has 0 aliphatic rings. The highest BCUT2D eigenvalue weighted by molar-refractivity contribution is 5.72. The van der Waals surface area contributed by atoms with E-state index in [1.165, 1.54) is 0 Å². The molecule has 0 aliphatic heterocycles. The molecule has 0 aromatic carbocycles. The van der Waals surface area contributed by atoms with Gasteiger partial charge in [0.15, 0.2) is 0 Å². The molecule has 0 rings (SSSR count). The summed E-state index contributed by atoms with van der Waals surface area (Å²) in [7, 11) is 0. The average Bonchev–Trinajstić information content (AvgIpc) is 1.87. The van der Waals surface area contributed by atoms with Crippen molar-refractivity contribution in [2.45, 2.75) is 0 Å². The summed E-state index contributed by atoms with van der Waals surface area (Å²) in [6.45, 7) is 0.624. The first-order valence-corrected chi connectivity index (χ1v) is 2.68. The van der Waals surface area contributed by atoms with Crippen molar-refractivity contribution in [3.63, 3.8) is 0 Å². The zero-order valence-electron chi connectivity index (χ0n) is 6.13. The minimum Gasteiger partial charge on any atom is -0.480 e. The SMILES string of the molecule is C=O.O=C(O)CN(O)CC(=O)O. The average molecular weight is 179 g/mol. The van der Waals surface area contributed by atoms with E-state index in [-0.39, 0.29) is 5.06 Å². The van der Waals surface area contributed by atoms with Crippen LogP contribution in [0, 0.1) is 0 Å². The van der Waals surface area contributed by atoms with Crippen LogP contribution >= 0.6 is 0 Å². The maximum atomic E-state index is 9.80. The lowest BCUT2D eigenvalue weighted by molar-refractivity contribution is -0.162. The topological polar surface area (TPSA) is 115 Å². The summed E-state index contributed by atoms with van der Waals surface area (Å²) >= 11 is 0. The summed E-state index contributed by atoms with van der Waals surface area (Å²) < 4.78 is 0. The van der Waals surface area contributed by atoms with Gasteiger partial charge in [-0.25, -0.2) is 0 Å². The minimum atomic E-state index is -1.27. The Morgan fingerprint density at radius 2 is 1.33 bits per heavy atom. The van der Waals surface area contributed by atoms with Crippen molar-refractivity contribution in [2.24, 2.45) is 0 Å². The molecule has 0 fully saturated rings. The summed E-state index contributed by atoms with van der Waals surface area (Å²) in [6, 6.07) is 0. The molecule has 0 saturated carbocycles. The van der Waals surface area contributed by atoms with Gasteiger partial charge in [0.25, 0.3) is 0 Å². The van der Waals surface area contributed by atoms with Gasteiger partial charge < -0.3 is 20.2 Å². The fourth-order valence-electron chi connectivity index (χ4n) is 0.368. The van der Waals surface area contributed by atoms with Gasteiger partial charge in [-0.2, -0.15) is 5.06 Å². The van der Waals surface area contributed by atoms with E-state index in [9.17, 15) is 9.59 Å². The Balaban J connectivity index is 0. The lowest BCUT2D eigenvalue weighted by atomic mass is 10.6. The molecule has 0 amide bonds. The normalized spacial score (nSPS) is 8.50. The summed E-state index contributed by atoms with van der Waals surface area (Å²) in [5.74, 6) is -2.55. The molecule has 0 spiro atoms. The van der Waals surface area contributed by atoms with Crippen LogP contribution in [-0.4, -0.2) is 52.3 Å². The van der Waals surface area contributed by atoms with Gasteiger partial charge in [0.2, 0.25) is 0 Å². The molecule has 3 N–H and O–H groups in total. The first kappa shape index (κ1) is 13.1. The number of aliphatic carboxylic acids is 2. The van der Waals surface area contributed by atoms with E-state index in [0.717, 1.165) is 0 Å². The fourth-order valence-corrected chi connectivity index (χ4v) is 0.368. The molecule has 0 bridgehead atoms. The number of carboxylic acids is 2. The zero-order valence-corrected chi connectivity index (χ0v) is 6.13. The highest BCUT2D eigenvalue weighted by Gasteiger charge is 2.08. The Labute approximate surface area is 67.8 Å². The van der Waals surface area contributed by atoms with Crippen molar-refractivity contribution < 1.29 is 29.8 Å². The predicted molar refractivity (Wildman–Crippen MR) is 35.8 cm³/mol. The third-order valence-corrected chi connectivity index (χ3v) is 0.636. The number of hydroxylamine groups is 2. The van der Waals surface area contributed by atoms with Gasteiger partial charge in [-0.3, -0.25) is 9.59 Å². The number of carbonyl (C=O) groups is 3. The highest BCUT2D eigenvalue weighted by atomic mass is 16.5. The largest absolute Gasteiger partial charge is 0.480 e. The van der Waals surface area contributed by atoms with E-state index in [4.69, 9.17) is 20.2 Å². The van der Waals surface area contributed by atoms with Crippen LogP contribution in [0.3, 0.4) is 0 Å². The summed E-state index contributed by atoms with van der Waals surface area (Å²) in [5.41, 5.74) is 0. The Bertz CT molecular complexity index is 142. The fraction of sp³-hybridized carbons (Fsp3) is 0.400. The van der Waals surface area contributed by atoms with E-state index < -0.39 is 25.0 Å². The summed E-state index contributed by atoms with van der Waals surface area (Å²) in [6.07, 6.45) is 0. The third kappa shape index (κ3) is 11.3. The lowest BCUT2D eigenvalue weighted by Gasteiger charge is -2.06. The molecule has 7 nitrogen and oxygen atoms in total. The van der Waals surface area contributed by atoms with E-state index in [0.29, 0.717) is 0 Å². The van der Waals surface area contributed by atoms with Crippen LogP contribution < -0.4 is 0 Å². The number of carboxylic acid groups (broad SMARTS) is 2. The molecule has 7 heteroatoms. The number of hydrogen-bond acceptors (Lipinski definition) is 5. The third-order valence-electron chi connectivity index (χ3n) is 0.636. The molecule has 0 radical (unpaired) electrons. The zero-order chi connectivity index (χ0) is 10.1. The van der Waals surface area contributed by atoms with Crippen molar-refractivity contribution in [3.05, 3.63) is 0 Å². The molecular formula is C5H9NO6. The van der Waals surface area contributed by atoms with Crippen LogP contribution in [0.15, 0.2) is 0 Å². The Morgan fingerprint density at radius 3 is 1.50 bits per heavy atom. The van der Waals surface area contributed by atoms with Gasteiger partial charge in [0.1, 0.15) is 19.9 Å². The smallest absolute Gasteiger partial charge is 0.320 e. The van der Waals surface area contributed by atoms with Gasteiger partial charge in [0, 0.05) is 0 Å². The van der Waals surface area contributed by atoms with Crippen LogP contribution in [0.2, 0.25) is 0 Å². The predicted octanol–water partition coefficient (Wildman–Crippen LogP) is -1.34. The second kappa shape index (κ2) is 7.63.